The van der Waals surface area contributed by atoms with Crippen LogP contribution in [0.25, 0.3) is 0 Å². The molecule has 0 aromatic heterocycles. The van der Waals surface area contributed by atoms with Crippen LogP contribution in [-0.4, -0.2) is 30.1 Å². The lowest BCUT2D eigenvalue weighted by Crippen LogP contribution is -2.17. The van der Waals surface area contributed by atoms with Gasteiger partial charge in [0.2, 0.25) is 0 Å². The molecule has 0 heterocycles. The first kappa shape index (κ1) is 22.6. The minimum atomic E-state index is -0.694. The summed E-state index contributed by atoms with van der Waals surface area (Å²) in [6, 6.07) is 16.6. The summed E-state index contributed by atoms with van der Waals surface area (Å²) in [6.45, 7) is 0. The summed E-state index contributed by atoms with van der Waals surface area (Å²) in [5, 5.41) is 14.6. The van der Waals surface area contributed by atoms with Gasteiger partial charge in [0, 0.05) is 22.2 Å². The van der Waals surface area contributed by atoms with Gasteiger partial charge in [0.15, 0.2) is 11.5 Å². The molecule has 0 aliphatic rings. The van der Waals surface area contributed by atoms with Crippen LogP contribution in [0, 0.1) is 10.1 Å². The van der Waals surface area contributed by atoms with Crippen LogP contribution in [0.3, 0.4) is 0 Å². The lowest BCUT2D eigenvalue weighted by molar-refractivity contribution is -0.384. The zero-order chi connectivity index (χ0) is 23.1. The van der Waals surface area contributed by atoms with Crippen molar-refractivity contribution >= 4 is 39.7 Å². The molecule has 3 aromatic rings. The molecule has 0 unspecified atom stereocenters. The third kappa shape index (κ3) is 5.76. The first-order chi connectivity index (χ1) is 15.4. The number of hydrazone groups is 1. The Labute approximate surface area is 190 Å². The smallest absolute Gasteiger partial charge is 0.343 e. The lowest BCUT2D eigenvalue weighted by Gasteiger charge is -2.10. The number of amides is 1. The van der Waals surface area contributed by atoms with E-state index in [0.29, 0.717) is 11.1 Å². The third-order valence-electron chi connectivity index (χ3n) is 4.17. The summed E-state index contributed by atoms with van der Waals surface area (Å²) in [5.74, 6) is -0.641. The molecule has 9 nitrogen and oxygen atoms in total. The van der Waals surface area contributed by atoms with Gasteiger partial charge in [-0.05, 0) is 54.1 Å². The molecule has 0 bridgehead atoms. The van der Waals surface area contributed by atoms with Crippen LogP contribution in [0.4, 0.5) is 5.69 Å². The number of non-ortho nitro benzene ring substituents is 1. The predicted octanol–water partition coefficient (Wildman–Crippen LogP) is 4.35. The van der Waals surface area contributed by atoms with E-state index in [1.54, 1.807) is 30.3 Å². The van der Waals surface area contributed by atoms with Crippen molar-refractivity contribution in [3.05, 3.63) is 98.0 Å². The van der Waals surface area contributed by atoms with Gasteiger partial charge in [0.1, 0.15) is 0 Å². The van der Waals surface area contributed by atoms with E-state index >= 15 is 0 Å². The van der Waals surface area contributed by atoms with Crippen LogP contribution in [0.2, 0.25) is 0 Å². The van der Waals surface area contributed by atoms with Crippen LogP contribution in [0.15, 0.2) is 76.3 Å². The van der Waals surface area contributed by atoms with Gasteiger partial charge in [-0.25, -0.2) is 10.2 Å². The van der Waals surface area contributed by atoms with Crippen molar-refractivity contribution in [1.82, 2.24) is 5.43 Å². The number of esters is 1. The number of halogens is 1. The SMILES string of the molecule is COc1cc(/C=N\NC(=O)c2cccc(Br)c2)ccc1OC(=O)c1ccc([N+](=O)[O-])cc1. The molecule has 1 amide bonds. The highest BCUT2D eigenvalue weighted by molar-refractivity contribution is 9.10. The summed E-state index contributed by atoms with van der Waals surface area (Å²) >= 11 is 3.30. The van der Waals surface area contributed by atoms with Crippen LogP contribution in [0.1, 0.15) is 26.3 Å². The minimum absolute atomic E-state index is 0.130. The molecule has 0 atom stereocenters. The highest BCUT2D eigenvalue weighted by atomic mass is 79.9. The number of carbonyl (C=O) groups excluding carboxylic acids is 2. The summed E-state index contributed by atoms with van der Waals surface area (Å²) in [6.07, 6.45) is 1.42. The zero-order valence-corrected chi connectivity index (χ0v) is 18.2. The van der Waals surface area contributed by atoms with Crippen LogP contribution < -0.4 is 14.9 Å². The molecule has 3 rings (SSSR count). The number of rotatable bonds is 7. The van der Waals surface area contributed by atoms with E-state index in [1.807, 2.05) is 6.07 Å². The van der Waals surface area contributed by atoms with Gasteiger partial charge in [-0.15, -0.1) is 0 Å². The Morgan fingerprint density at radius 2 is 1.78 bits per heavy atom. The Balaban J connectivity index is 1.67. The number of nitro groups is 1. The average molecular weight is 498 g/mol. The summed E-state index contributed by atoms with van der Waals surface area (Å²) in [7, 11) is 1.41. The topological polar surface area (TPSA) is 120 Å². The van der Waals surface area contributed by atoms with Gasteiger partial charge in [-0.3, -0.25) is 14.9 Å². The quantitative estimate of drug-likeness (QED) is 0.170. The Morgan fingerprint density at radius 3 is 2.44 bits per heavy atom. The van der Waals surface area contributed by atoms with Crippen LogP contribution in [-0.2, 0) is 0 Å². The van der Waals surface area contributed by atoms with Gasteiger partial charge >= 0.3 is 5.97 Å². The predicted molar refractivity (Wildman–Crippen MR) is 120 cm³/mol. The molecule has 162 valence electrons. The van der Waals surface area contributed by atoms with Crippen LogP contribution >= 0.6 is 15.9 Å². The minimum Gasteiger partial charge on any atom is -0.493 e. The molecule has 0 radical (unpaired) electrons. The second-order valence-electron chi connectivity index (χ2n) is 6.31. The number of benzene rings is 3. The van der Waals surface area contributed by atoms with E-state index in [2.05, 4.69) is 26.5 Å². The van der Waals surface area contributed by atoms with Gasteiger partial charge in [-0.1, -0.05) is 22.0 Å². The first-order valence-electron chi connectivity index (χ1n) is 9.11. The van der Waals surface area contributed by atoms with E-state index in [0.717, 1.165) is 4.47 Å². The van der Waals surface area contributed by atoms with Gasteiger partial charge in [0.25, 0.3) is 11.6 Å². The summed E-state index contributed by atoms with van der Waals surface area (Å²) in [5.41, 5.74) is 3.49. The van der Waals surface area contributed by atoms with Crippen molar-refractivity contribution in [2.45, 2.75) is 0 Å². The van der Waals surface area contributed by atoms with Gasteiger partial charge in [-0.2, -0.15) is 5.10 Å². The molecule has 0 aliphatic carbocycles. The second kappa shape index (κ2) is 10.3. The van der Waals surface area contributed by atoms with E-state index in [-0.39, 0.29) is 28.7 Å². The second-order valence-corrected chi connectivity index (χ2v) is 7.23. The number of nitro benzene ring substituents is 1. The molecule has 10 heteroatoms. The molecular formula is C22H16BrN3O6. The Kier molecular flexibility index (Phi) is 7.29. The van der Waals surface area contributed by atoms with Crippen molar-refractivity contribution < 1.29 is 24.0 Å². The average Bonchev–Trinajstić information content (AvgIpc) is 2.79. The van der Waals surface area contributed by atoms with E-state index in [9.17, 15) is 19.7 Å². The number of methoxy groups -OCH3 is 1. The normalized spacial score (nSPS) is 10.6. The molecule has 0 fully saturated rings. The van der Waals surface area contributed by atoms with E-state index < -0.39 is 10.9 Å². The van der Waals surface area contributed by atoms with Crippen LogP contribution in [0.5, 0.6) is 11.5 Å². The van der Waals surface area contributed by atoms with Crippen molar-refractivity contribution in [2.75, 3.05) is 7.11 Å². The maximum Gasteiger partial charge on any atom is 0.343 e. The number of hydrogen-bond donors (Lipinski definition) is 1. The number of carbonyl (C=O) groups is 2. The number of nitrogens with one attached hydrogen (secondary N) is 1. The number of ether oxygens (including phenoxy) is 2. The highest BCUT2D eigenvalue weighted by Crippen LogP contribution is 2.28. The third-order valence-corrected chi connectivity index (χ3v) is 4.66. The molecule has 1 N–H and O–H groups in total. The van der Waals surface area contributed by atoms with Crippen molar-refractivity contribution in [3.63, 3.8) is 0 Å². The molecule has 0 saturated carbocycles. The lowest BCUT2D eigenvalue weighted by atomic mass is 10.2. The fourth-order valence-electron chi connectivity index (χ4n) is 2.59. The van der Waals surface area contributed by atoms with Crippen molar-refractivity contribution in [3.8, 4) is 11.5 Å². The molecule has 0 saturated heterocycles. The molecule has 3 aromatic carbocycles. The highest BCUT2D eigenvalue weighted by Gasteiger charge is 2.14. The van der Waals surface area contributed by atoms with Crippen molar-refractivity contribution in [1.29, 1.82) is 0 Å². The standard InChI is InChI=1S/C22H16BrN3O6/c1-31-20-11-14(13-24-25-21(27)16-3-2-4-17(23)12-16)5-10-19(20)32-22(28)15-6-8-18(9-7-15)26(29)30/h2-13H,1H3,(H,25,27)/b24-13-. The number of hydrogen-bond acceptors (Lipinski definition) is 7. The molecule has 0 aliphatic heterocycles. The maximum absolute atomic E-state index is 12.3. The Morgan fingerprint density at radius 1 is 1.03 bits per heavy atom. The monoisotopic (exact) mass is 497 g/mol. The zero-order valence-electron chi connectivity index (χ0n) is 16.7. The molecule has 32 heavy (non-hydrogen) atoms. The fourth-order valence-corrected chi connectivity index (χ4v) is 2.99. The fraction of sp³-hybridized carbons (Fsp3) is 0.0455. The van der Waals surface area contributed by atoms with Gasteiger partial charge in [0.05, 0.1) is 23.8 Å². The van der Waals surface area contributed by atoms with E-state index in [4.69, 9.17) is 9.47 Å². The van der Waals surface area contributed by atoms with Crippen molar-refractivity contribution in [2.24, 2.45) is 5.10 Å². The maximum atomic E-state index is 12.3. The molecular weight excluding hydrogens is 482 g/mol. The largest absolute Gasteiger partial charge is 0.493 e. The van der Waals surface area contributed by atoms with Gasteiger partial charge < -0.3 is 9.47 Å². The molecule has 0 spiro atoms. The first-order valence-corrected chi connectivity index (χ1v) is 9.90. The Bertz CT molecular complexity index is 1190. The number of nitrogens with zero attached hydrogens (tertiary/aromatic N) is 2. The van der Waals surface area contributed by atoms with E-state index in [1.165, 1.54) is 43.7 Å². The summed E-state index contributed by atoms with van der Waals surface area (Å²) in [4.78, 5) is 34.6. The summed E-state index contributed by atoms with van der Waals surface area (Å²) < 4.78 is 11.4. The Hall–Kier alpha value is -4.05.